The van der Waals surface area contributed by atoms with Gasteiger partial charge in [-0.2, -0.15) is 0 Å². The Kier molecular flexibility index (Phi) is 2.54. The highest BCUT2D eigenvalue weighted by Gasteiger charge is 2.44. The molecule has 0 spiro atoms. The number of benzene rings is 1. The zero-order valence-corrected chi connectivity index (χ0v) is 9.93. The lowest BCUT2D eigenvalue weighted by Gasteiger charge is -2.14. The maximum Gasteiger partial charge on any atom is 0.133 e. The van der Waals surface area contributed by atoms with E-state index in [4.69, 9.17) is 9.47 Å². The summed E-state index contributed by atoms with van der Waals surface area (Å²) in [5.74, 6) is 0.862. The van der Waals surface area contributed by atoms with Crippen molar-refractivity contribution in [3.05, 3.63) is 28.2 Å². The van der Waals surface area contributed by atoms with Crippen molar-refractivity contribution in [2.75, 3.05) is 14.2 Å². The first-order valence-electron chi connectivity index (χ1n) is 4.61. The molecule has 1 saturated carbocycles. The summed E-state index contributed by atoms with van der Waals surface area (Å²) >= 11 is 3.48. The average molecular weight is 257 g/mol. The molecule has 1 aromatic carbocycles. The fraction of sp³-hybridized carbons (Fsp3) is 0.455. The molecule has 0 aliphatic heterocycles. The largest absolute Gasteiger partial charge is 0.496 e. The summed E-state index contributed by atoms with van der Waals surface area (Å²) in [6.45, 7) is 0. The van der Waals surface area contributed by atoms with Gasteiger partial charge in [-0.25, -0.2) is 0 Å². The van der Waals surface area contributed by atoms with Crippen LogP contribution >= 0.6 is 15.9 Å². The van der Waals surface area contributed by atoms with Gasteiger partial charge in [0.15, 0.2) is 0 Å². The van der Waals surface area contributed by atoms with Gasteiger partial charge in [-0.3, -0.25) is 0 Å². The first-order chi connectivity index (χ1) is 6.72. The van der Waals surface area contributed by atoms with Crippen molar-refractivity contribution >= 4 is 15.9 Å². The minimum Gasteiger partial charge on any atom is -0.496 e. The summed E-state index contributed by atoms with van der Waals surface area (Å²) in [6, 6.07) is 6.12. The third-order valence-electron chi connectivity index (χ3n) is 2.77. The summed E-state index contributed by atoms with van der Waals surface area (Å²) in [4.78, 5) is 0. The summed E-state index contributed by atoms with van der Waals surface area (Å²) in [7, 11) is 3.44. The van der Waals surface area contributed by atoms with Gasteiger partial charge in [0.1, 0.15) is 5.75 Å². The second-order valence-corrected chi connectivity index (χ2v) is 4.40. The summed E-state index contributed by atoms with van der Waals surface area (Å²) in [6.07, 6.45) is 2.23. The van der Waals surface area contributed by atoms with Crippen LogP contribution in [0.5, 0.6) is 5.75 Å². The van der Waals surface area contributed by atoms with Crippen LogP contribution in [0.15, 0.2) is 22.7 Å². The molecule has 0 atom stereocenters. The van der Waals surface area contributed by atoms with Gasteiger partial charge in [0.2, 0.25) is 0 Å². The SMILES string of the molecule is COc1ccc(C2(OC)CC2)cc1Br. The number of methoxy groups -OCH3 is 2. The van der Waals surface area contributed by atoms with E-state index in [1.54, 1.807) is 14.2 Å². The Hall–Kier alpha value is -0.540. The predicted octanol–water partition coefficient (Wildman–Crippen LogP) is 3.09. The van der Waals surface area contributed by atoms with Gasteiger partial charge in [-0.05, 0) is 46.5 Å². The van der Waals surface area contributed by atoms with E-state index in [0.29, 0.717) is 0 Å². The minimum absolute atomic E-state index is 0.0191. The molecule has 14 heavy (non-hydrogen) atoms. The summed E-state index contributed by atoms with van der Waals surface area (Å²) < 4.78 is 11.7. The smallest absolute Gasteiger partial charge is 0.133 e. The van der Waals surface area contributed by atoms with Crippen molar-refractivity contribution < 1.29 is 9.47 Å². The zero-order chi connectivity index (χ0) is 10.2. The Bertz CT molecular complexity index is 345. The van der Waals surface area contributed by atoms with Gasteiger partial charge in [0.05, 0.1) is 17.2 Å². The number of hydrogen-bond donors (Lipinski definition) is 0. The van der Waals surface area contributed by atoms with E-state index >= 15 is 0 Å². The molecule has 2 nitrogen and oxygen atoms in total. The molecule has 1 aromatic rings. The first kappa shape index (κ1) is 9.99. The third kappa shape index (κ3) is 1.55. The number of hydrogen-bond acceptors (Lipinski definition) is 2. The quantitative estimate of drug-likeness (QED) is 0.828. The first-order valence-corrected chi connectivity index (χ1v) is 5.40. The molecule has 1 fully saturated rings. The molecule has 0 radical (unpaired) electrons. The molecule has 2 rings (SSSR count). The molecule has 1 aliphatic carbocycles. The molecule has 76 valence electrons. The van der Waals surface area contributed by atoms with E-state index in [9.17, 15) is 0 Å². The van der Waals surface area contributed by atoms with Crippen LogP contribution in [0.4, 0.5) is 0 Å². The van der Waals surface area contributed by atoms with Crippen molar-refractivity contribution in [3.8, 4) is 5.75 Å². The fourth-order valence-electron chi connectivity index (χ4n) is 1.67. The Balaban J connectivity index is 2.33. The maximum atomic E-state index is 5.50. The minimum atomic E-state index is -0.0191. The molecule has 3 heteroatoms. The summed E-state index contributed by atoms with van der Waals surface area (Å²) in [5, 5.41) is 0. The topological polar surface area (TPSA) is 18.5 Å². The highest BCUT2D eigenvalue weighted by Crippen LogP contribution is 2.49. The molecule has 1 aliphatic rings. The molecule has 0 bridgehead atoms. The lowest BCUT2D eigenvalue weighted by molar-refractivity contribution is 0.0788. The highest BCUT2D eigenvalue weighted by molar-refractivity contribution is 9.10. The van der Waals surface area contributed by atoms with Gasteiger partial charge in [-0.15, -0.1) is 0 Å². The predicted molar refractivity (Wildman–Crippen MR) is 58.6 cm³/mol. The Morgan fingerprint density at radius 3 is 2.43 bits per heavy atom. The van der Waals surface area contributed by atoms with Crippen molar-refractivity contribution in [1.82, 2.24) is 0 Å². The van der Waals surface area contributed by atoms with Crippen LogP contribution in [-0.2, 0) is 10.3 Å². The van der Waals surface area contributed by atoms with Crippen molar-refractivity contribution in [2.45, 2.75) is 18.4 Å². The molecule has 0 unspecified atom stereocenters. The van der Waals surface area contributed by atoms with Gasteiger partial charge in [0.25, 0.3) is 0 Å². The van der Waals surface area contributed by atoms with Crippen molar-refractivity contribution in [1.29, 1.82) is 0 Å². The zero-order valence-electron chi connectivity index (χ0n) is 8.34. The Labute approximate surface area is 92.3 Å². The maximum absolute atomic E-state index is 5.50. The molecule has 0 heterocycles. The van der Waals surface area contributed by atoms with Crippen LogP contribution in [0.1, 0.15) is 18.4 Å². The van der Waals surface area contributed by atoms with Crippen LogP contribution in [0.2, 0.25) is 0 Å². The molecule has 0 saturated heterocycles. The average Bonchev–Trinajstić information content (AvgIpc) is 2.98. The van der Waals surface area contributed by atoms with E-state index in [1.807, 2.05) is 6.07 Å². The number of halogens is 1. The van der Waals surface area contributed by atoms with Crippen molar-refractivity contribution in [3.63, 3.8) is 0 Å². The lowest BCUT2D eigenvalue weighted by Crippen LogP contribution is -2.08. The van der Waals surface area contributed by atoms with Gasteiger partial charge in [-0.1, -0.05) is 6.07 Å². The fourth-order valence-corrected chi connectivity index (χ4v) is 2.21. The monoisotopic (exact) mass is 256 g/mol. The van der Waals surface area contributed by atoms with Crippen molar-refractivity contribution in [2.24, 2.45) is 0 Å². The number of rotatable bonds is 3. The van der Waals surface area contributed by atoms with Gasteiger partial charge in [0, 0.05) is 7.11 Å². The van der Waals surface area contributed by atoms with E-state index in [-0.39, 0.29) is 5.60 Å². The van der Waals surface area contributed by atoms with Crippen LogP contribution in [0, 0.1) is 0 Å². The van der Waals surface area contributed by atoms with Gasteiger partial charge < -0.3 is 9.47 Å². The Morgan fingerprint density at radius 1 is 1.29 bits per heavy atom. The van der Waals surface area contributed by atoms with Crippen LogP contribution in [0.3, 0.4) is 0 Å². The standard InChI is InChI=1S/C11H13BrO2/c1-13-10-4-3-8(7-9(10)12)11(14-2)5-6-11/h3-4,7H,5-6H2,1-2H3. The van der Waals surface area contributed by atoms with E-state index in [1.165, 1.54) is 5.56 Å². The number of ether oxygens (including phenoxy) is 2. The second-order valence-electron chi connectivity index (χ2n) is 3.55. The molecule has 0 N–H and O–H groups in total. The third-order valence-corrected chi connectivity index (χ3v) is 3.39. The molecular formula is C11H13BrO2. The molecular weight excluding hydrogens is 244 g/mol. The van der Waals surface area contributed by atoms with E-state index in [2.05, 4.69) is 28.1 Å². The normalized spacial score (nSPS) is 17.9. The Morgan fingerprint density at radius 2 is 2.00 bits per heavy atom. The van der Waals surface area contributed by atoms with Crippen LogP contribution in [-0.4, -0.2) is 14.2 Å². The van der Waals surface area contributed by atoms with E-state index < -0.39 is 0 Å². The summed E-state index contributed by atoms with van der Waals surface area (Å²) in [5.41, 5.74) is 1.21. The van der Waals surface area contributed by atoms with Gasteiger partial charge >= 0.3 is 0 Å². The molecule has 0 amide bonds. The lowest BCUT2D eigenvalue weighted by atomic mass is 10.1. The second kappa shape index (κ2) is 3.55. The highest BCUT2D eigenvalue weighted by atomic mass is 79.9. The molecule has 0 aromatic heterocycles. The van der Waals surface area contributed by atoms with E-state index in [0.717, 1.165) is 23.1 Å². The van der Waals surface area contributed by atoms with Crippen LogP contribution < -0.4 is 4.74 Å². The van der Waals surface area contributed by atoms with Crippen LogP contribution in [0.25, 0.3) is 0 Å².